The smallest absolute Gasteiger partial charge is 0.148 e. The molecule has 2 rings (SSSR count). The molecule has 0 amide bonds. The number of rotatable bonds is 8. The van der Waals surface area contributed by atoms with Crippen molar-refractivity contribution in [1.29, 1.82) is 0 Å². The van der Waals surface area contributed by atoms with Crippen molar-refractivity contribution in [1.82, 2.24) is 19.3 Å². The third-order valence-corrected chi connectivity index (χ3v) is 3.30. The molecule has 0 fully saturated rings. The van der Waals surface area contributed by atoms with Gasteiger partial charge in [-0.05, 0) is 26.2 Å². The van der Waals surface area contributed by atoms with E-state index in [0.717, 1.165) is 56.1 Å². The topological polar surface area (TPSA) is 73.7 Å². The maximum Gasteiger partial charge on any atom is 0.148 e. The molecule has 0 aromatic carbocycles. The highest BCUT2D eigenvalue weighted by Crippen LogP contribution is 2.22. The van der Waals surface area contributed by atoms with Crippen LogP contribution < -0.4 is 11.1 Å². The molecular weight excluding hydrogens is 252 g/mol. The first-order valence-electron chi connectivity index (χ1n) is 7.25. The molecule has 0 saturated carbocycles. The summed E-state index contributed by atoms with van der Waals surface area (Å²) in [4.78, 5) is 4.03. The van der Waals surface area contributed by atoms with Gasteiger partial charge in [-0.3, -0.25) is 0 Å². The molecule has 0 radical (unpaired) electrons. The van der Waals surface area contributed by atoms with Crippen LogP contribution in [-0.4, -0.2) is 25.9 Å². The van der Waals surface area contributed by atoms with Gasteiger partial charge < -0.3 is 15.6 Å². The largest absolute Gasteiger partial charge is 0.394 e. The molecule has 0 saturated heterocycles. The van der Waals surface area contributed by atoms with Gasteiger partial charge in [-0.2, -0.15) is 5.10 Å². The lowest BCUT2D eigenvalue weighted by Crippen LogP contribution is -2.11. The Morgan fingerprint density at radius 1 is 1.30 bits per heavy atom. The fourth-order valence-electron chi connectivity index (χ4n) is 2.20. The van der Waals surface area contributed by atoms with Crippen LogP contribution in [0.1, 0.15) is 31.9 Å². The summed E-state index contributed by atoms with van der Waals surface area (Å²) in [7, 11) is 0. The van der Waals surface area contributed by atoms with E-state index >= 15 is 0 Å². The molecule has 6 heteroatoms. The summed E-state index contributed by atoms with van der Waals surface area (Å²) < 4.78 is 4.07. The third-order valence-electron chi connectivity index (χ3n) is 3.30. The minimum Gasteiger partial charge on any atom is -0.394 e. The Morgan fingerprint density at radius 3 is 2.85 bits per heavy atom. The highest BCUT2D eigenvalue weighted by Gasteiger charge is 2.10. The van der Waals surface area contributed by atoms with Crippen LogP contribution in [-0.2, 0) is 13.1 Å². The minimum atomic E-state index is 0.771. The number of nitrogens with zero attached hydrogens (tertiary/aromatic N) is 4. The Balaban J connectivity index is 1.78. The zero-order valence-corrected chi connectivity index (χ0v) is 12.3. The summed E-state index contributed by atoms with van der Waals surface area (Å²) in [5, 5.41) is 7.87. The van der Waals surface area contributed by atoms with Gasteiger partial charge in [-0.1, -0.05) is 6.92 Å². The van der Waals surface area contributed by atoms with E-state index in [0.29, 0.717) is 0 Å². The van der Waals surface area contributed by atoms with Gasteiger partial charge in [0.05, 0.1) is 17.7 Å². The van der Waals surface area contributed by atoms with Crippen molar-refractivity contribution in [3.63, 3.8) is 0 Å². The van der Waals surface area contributed by atoms with Gasteiger partial charge in [0.15, 0.2) is 0 Å². The van der Waals surface area contributed by atoms with Crippen LogP contribution in [0.4, 0.5) is 11.5 Å². The molecule has 110 valence electrons. The molecule has 20 heavy (non-hydrogen) atoms. The zero-order valence-electron chi connectivity index (χ0n) is 12.3. The number of nitrogen functional groups attached to an aromatic ring is 1. The number of hydrogen-bond acceptors (Lipinski definition) is 4. The van der Waals surface area contributed by atoms with Gasteiger partial charge in [0, 0.05) is 32.0 Å². The maximum absolute atomic E-state index is 6.07. The summed E-state index contributed by atoms with van der Waals surface area (Å²) in [6.07, 6.45) is 8.91. The van der Waals surface area contributed by atoms with E-state index in [2.05, 4.69) is 26.9 Å². The molecule has 0 aliphatic heterocycles. The SMILES string of the molecule is CCCn1nc(C)c(N)c1NCCCCn1ccnc1. The number of aryl methyl sites for hydroxylation is 3. The van der Waals surface area contributed by atoms with Crippen LogP contribution in [0.2, 0.25) is 0 Å². The van der Waals surface area contributed by atoms with Gasteiger partial charge in [-0.15, -0.1) is 0 Å². The Labute approximate surface area is 120 Å². The van der Waals surface area contributed by atoms with Crippen molar-refractivity contribution in [2.24, 2.45) is 0 Å². The highest BCUT2D eigenvalue weighted by molar-refractivity contribution is 5.64. The molecule has 0 atom stereocenters. The predicted molar refractivity (Wildman–Crippen MR) is 81.6 cm³/mol. The predicted octanol–water partition coefficient (Wildman–Crippen LogP) is 2.27. The van der Waals surface area contributed by atoms with Gasteiger partial charge in [0.25, 0.3) is 0 Å². The lowest BCUT2D eigenvalue weighted by atomic mass is 10.3. The molecule has 2 aromatic heterocycles. The zero-order chi connectivity index (χ0) is 14.4. The van der Waals surface area contributed by atoms with E-state index in [4.69, 9.17) is 5.73 Å². The molecule has 3 N–H and O–H groups in total. The van der Waals surface area contributed by atoms with Crippen molar-refractivity contribution in [2.75, 3.05) is 17.6 Å². The molecule has 0 aliphatic carbocycles. The minimum absolute atomic E-state index is 0.771. The monoisotopic (exact) mass is 276 g/mol. The van der Waals surface area contributed by atoms with Crippen LogP contribution in [0, 0.1) is 6.92 Å². The van der Waals surface area contributed by atoms with Gasteiger partial charge in [0.2, 0.25) is 0 Å². The normalized spacial score (nSPS) is 10.9. The molecule has 6 nitrogen and oxygen atoms in total. The first-order chi connectivity index (χ1) is 9.72. The van der Waals surface area contributed by atoms with Crippen molar-refractivity contribution in [3.05, 3.63) is 24.4 Å². The summed E-state index contributed by atoms with van der Waals surface area (Å²) in [5.74, 6) is 0.965. The van der Waals surface area contributed by atoms with Crippen LogP contribution in [0.15, 0.2) is 18.7 Å². The molecular formula is C14H24N6. The van der Waals surface area contributed by atoms with E-state index in [-0.39, 0.29) is 0 Å². The Hall–Kier alpha value is -1.98. The van der Waals surface area contributed by atoms with Crippen molar-refractivity contribution < 1.29 is 0 Å². The molecule has 2 heterocycles. The number of anilines is 2. The summed E-state index contributed by atoms with van der Waals surface area (Å²) in [5.41, 5.74) is 7.74. The van der Waals surface area contributed by atoms with Crippen LogP contribution >= 0.6 is 0 Å². The second kappa shape index (κ2) is 6.98. The fraction of sp³-hybridized carbons (Fsp3) is 0.571. The van der Waals surface area contributed by atoms with Gasteiger partial charge in [-0.25, -0.2) is 9.67 Å². The standard InChI is InChI=1S/C14H24N6/c1-3-8-20-14(13(15)12(2)18-20)17-6-4-5-9-19-10-7-16-11-19/h7,10-11,17H,3-6,8-9,15H2,1-2H3. The van der Waals surface area contributed by atoms with Crippen molar-refractivity contribution in [3.8, 4) is 0 Å². The number of nitrogens with one attached hydrogen (secondary N) is 1. The number of unbranched alkanes of at least 4 members (excludes halogenated alkanes) is 1. The molecule has 2 aromatic rings. The van der Waals surface area contributed by atoms with Crippen LogP contribution in [0.5, 0.6) is 0 Å². The number of imidazole rings is 1. The van der Waals surface area contributed by atoms with Crippen LogP contribution in [0.25, 0.3) is 0 Å². The maximum atomic E-state index is 6.07. The number of aromatic nitrogens is 4. The average Bonchev–Trinajstić information content (AvgIpc) is 3.02. The Morgan fingerprint density at radius 2 is 2.15 bits per heavy atom. The summed E-state index contributed by atoms with van der Waals surface area (Å²) in [6.45, 7) is 6.90. The number of hydrogen-bond donors (Lipinski definition) is 2. The van der Waals surface area contributed by atoms with Gasteiger partial charge in [0.1, 0.15) is 5.82 Å². The molecule has 0 spiro atoms. The van der Waals surface area contributed by atoms with Crippen molar-refractivity contribution >= 4 is 11.5 Å². The highest BCUT2D eigenvalue weighted by atomic mass is 15.3. The van der Waals surface area contributed by atoms with E-state index in [1.807, 2.05) is 30.3 Å². The molecule has 0 bridgehead atoms. The third kappa shape index (κ3) is 3.53. The molecule has 0 aliphatic rings. The lowest BCUT2D eigenvalue weighted by Gasteiger charge is -2.10. The second-order valence-corrected chi connectivity index (χ2v) is 5.01. The van der Waals surface area contributed by atoms with Gasteiger partial charge >= 0.3 is 0 Å². The van der Waals surface area contributed by atoms with E-state index < -0.39 is 0 Å². The van der Waals surface area contributed by atoms with E-state index in [1.54, 1.807) is 0 Å². The Bertz CT molecular complexity index is 514. The fourth-order valence-corrected chi connectivity index (χ4v) is 2.20. The number of nitrogens with two attached hydrogens (primary N) is 1. The second-order valence-electron chi connectivity index (χ2n) is 5.01. The Kier molecular flexibility index (Phi) is 5.03. The van der Waals surface area contributed by atoms with E-state index in [9.17, 15) is 0 Å². The van der Waals surface area contributed by atoms with E-state index in [1.165, 1.54) is 0 Å². The molecule has 0 unspecified atom stereocenters. The lowest BCUT2D eigenvalue weighted by molar-refractivity contribution is 0.595. The summed E-state index contributed by atoms with van der Waals surface area (Å²) in [6, 6.07) is 0. The summed E-state index contributed by atoms with van der Waals surface area (Å²) >= 11 is 0. The average molecular weight is 276 g/mol. The first-order valence-corrected chi connectivity index (χ1v) is 7.25. The quantitative estimate of drug-likeness (QED) is 0.725. The van der Waals surface area contributed by atoms with Crippen LogP contribution in [0.3, 0.4) is 0 Å². The van der Waals surface area contributed by atoms with Crippen molar-refractivity contribution in [2.45, 2.75) is 46.2 Å². The first kappa shape index (κ1) is 14.4.